The highest BCUT2D eigenvalue weighted by molar-refractivity contribution is 5.82. The summed E-state index contributed by atoms with van der Waals surface area (Å²) < 4.78 is 7.83. The van der Waals surface area contributed by atoms with Crippen molar-refractivity contribution in [2.75, 3.05) is 0 Å². The van der Waals surface area contributed by atoms with E-state index >= 15 is 0 Å². The Balaban J connectivity index is 2.28. The molecule has 0 atom stereocenters. The van der Waals surface area contributed by atoms with Gasteiger partial charge in [-0.15, -0.1) is 0 Å². The van der Waals surface area contributed by atoms with Crippen molar-refractivity contribution in [3.05, 3.63) is 41.9 Å². The normalized spacial score (nSPS) is 11.7. The van der Waals surface area contributed by atoms with E-state index in [-0.39, 0.29) is 0 Å². The van der Waals surface area contributed by atoms with Gasteiger partial charge in [0.05, 0.1) is 22.9 Å². The Hall–Kier alpha value is -2.07. The Morgan fingerprint density at radius 2 is 2.10 bits per heavy atom. The summed E-state index contributed by atoms with van der Waals surface area (Å²) in [6, 6.07) is 8.59. The van der Waals surface area contributed by atoms with Crippen LogP contribution in [0.5, 0.6) is 0 Å². The summed E-state index contributed by atoms with van der Waals surface area (Å²) in [4.78, 5) is 4.84. The number of hydrogen-bond acceptors (Lipinski definition) is 3. The van der Waals surface area contributed by atoms with Crippen molar-refractivity contribution < 1.29 is 4.42 Å². The van der Waals surface area contributed by atoms with Gasteiger partial charge in [0.2, 0.25) is 0 Å². The van der Waals surface area contributed by atoms with E-state index in [1.165, 1.54) is 0 Å². The monoisotopic (exact) mass is 283 g/mol. The topological polar surface area (TPSA) is 57.0 Å². The van der Waals surface area contributed by atoms with Crippen LogP contribution in [0, 0.1) is 0 Å². The average molecular weight is 283 g/mol. The molecule has 1 aromatic carbocycles. The summed E-state index contributed by atoms with van der Waals surface area (Å²) in [5, 5.41) is 0. The predicted octanol–water partition coefficient (Wildman–Crippen LogP) is 3.90. The van der Waals surface area contributed by atoms with Gasteiger partial charge in [-0.1, -0.05) is 13.0 Å². The molecule has 3 rings (SSSR count). The SMILES string of the molecule is CCc1occc1-c1nc2cc(CN)ccc2n1C(C)C. The van der Waals surface area contributed by atoms with E-state index in [0.29, 0.717) is 12.6 Å². The van der Waals surface area contributed by atoms with Gasteiger partial charge in [0.1, 0.15) is 11.6 Å². The summed E-state index contributed by atoms with van der Waals surface area (Å²) in [6.45, 7) is 6.98. The van der Waals surface area contributed by atoms with E-state index in [4.69, 9.17) is 15.1 Å². The maximum absolute atomic E-state index is 5.74. The van der Waals surface area contributed by atoms with E-state index < -0.39 is 0 Å². The van der Waals surface area contributed by atoms with Crippen molar-refractivity contribution >= 4 is 11.0 Å². The average Bonchev–Trinajstić information content (AvgIpc) is 3.09. The molecular weight excluding hydrogens is 262 g/mol. The molecule has 0 amide bonds. The van der Waals surface area contributed by atoms with Crippen molar-refractivity contribution in [1.82, 2.24) is 9.55 Å². The molecule has 0 aliphatic rings. The van der Waals surface area contributed by atoms with Gasteiger partial charge in [-0.3, -0.25) is 0 Å². The second kappa shape index (κ2) is 5.37. The number of hydrogen-bond donors (Lipinski definition) is 1. The molecule has 4 heteroatoms. The molecule has 4 nitrogen and oxygen atoms in total. The molecule has 0 aliphatic carbocycles. The van der Waals surface area contributed by atoms with Crippen LogP contribution in [0.1, 0.15) is 38.1 Å². The van der Waals surface area contributed by atoms with Crippen LogP contribution in [-0.4, -0.2) is 9.55 Å². The van der Waals surface area contributed by atoms with Crippen LogP contribution >= 0.6 is 0 Å². The van der Waals surface area contributed by atoms with Gasteiger partial charge in [0.15, 0.2) is 0 Å². The summed E-state index contributed by atoms with van der Waals surface area (Å²) in [5.41, 5.74) is 10.0. The lowest BCUT2D eigenvalue weighted by Gasteiger charge is -2.13. The molecule has 2 N–H and O–H groups in total. The molecular formula is C17H21N3O. The van der Waals surface area contributed by atoms with Gasteiger partial charge in [-0.25, -0.2) is 4.98 Å². The summed E-state index contributed by atoms with van der Waals surface area (Å²) >= 11 is 0. The van der Waals surface area contributed by atoms with Crippen molar-refractivity contribution in [3.63, 3.8) is 0 Å². The Bertz CT molecular complexity index is 768. The summed E-state index contributed by atoms with van der Waals surface area (Å²) in [5.74, 6) is 1.95. The molecule has 0 aliphatic heterocycles. The number of benzene rings is 1. The minimum atomic E-state index is 0.327. The third-order valence-electron chi connectivity index (χ3n) is 3.81. The summed E-state index contributed by atoms with van der Waals surface area (Å²) in [6.07, 6.45) is 2.60. The zero-order chi connectivity index (χ0) is 15.0. The van der Waals surface area contributed by atoms with Crippen molar-refractivity contribution in [2.24, 2.45) is 5.73 Å². The quantitative estimate of drug-likeness (QED) is 0.790. The molecule has 0 unspecified atom stereocenters. The highest BCUT2D eigenvalue weighted by atomic mass is 16.3. The number of nitrogens with zero attached hydrogens (tertiary/aromatic N) is 2. The van der Waals surface area contributed by atoms with Crippen molar-refractivity contribution in [1.29, 1.82) is 0 Å². The second-order valence-electron chi connectivity index (χ2n) is 5.54. The summed E-state index contributed by atoms with van der Waals surface area (Å²) in [7, 11) is 0. The molecule has 3 aromatic rings. The van der Waals surface area contributed by atoms with E-state index in [1.807, 2.05) is 6.07 Å². The van der Waals surface area contributed by atoms with Gasteiger partial charge in [0.25, 0.3) is 0 Å². The van der Waals surface area contributed by atoms with Gasteiger partial charge in [0, 0.05) is 19.0 Å². The maximum atomic E-state index is 5.74. The number of nitrogens with two attached hydrogens (primary N) is 1. The molecule has 0 spiro atoms. The third-order valence-corrected chi connectivity index (χ3v) is 3.81. The molecule has 0 saturated heterocycles. The van der Waals surface area contributed by atoms with Crippen LogP contribution in [0.2, 0.25) is 0 Å². The van der Waals surface area contributed by atoms with Crippen LogP contribution in [0.15, 0.2) is 34.9 Å². The number of aromatic nitrogens is 2. The third kappa shape index (κ3) is 2.25. The fraction of sp³-hybridized carbons (Fsp3) is 0.353. The van der Waals surface area contributed by atoms with E-state index in [0.717, 1.165) is 40.2 Å². The highest BCUT2D eigenvalue weighted by Crippen LogP contribution is 2.31. The number of furan rings is 1. The molecule has 0 bridgehead atoms. The Kier molecular flexibility index (Phi) is 3.55. The number of rotatable bonds is 4. The molecule has 21 heavy (non-hydrogen) atoms. The minimum absolute atomic E-state index is 0.327. The maximum Gasteiger partial charge on any atom is 0.144 e. The van der Waals surface area contributed by atoms with Crippen molar-refractivity contribution in [2.45, 2.75) is 39.8 Å². The largest absolute Gasteiger partial charge is 0.469 e. The zero-order valence-corrected chi connectivity index (χ0v) is 12.8. The second-order valence-corrected chi connectivity index (χ2v) is 5.54. The minimum Gasteiger partial charge on any atom is -0.469 e. The van der Waals surface area contributed by atoms with Gasteiger partial charge < -0.3 is 14.7 Å². The molecule has 2 heterocycles. The Labute approximate surface area is 124 Å². The van der Waals surface area contributed by atoms with Crippen LogP contribution in [-0.2, 0) is 13.0 Å². The lowest BCUT2D eigenvalue weighted by Crippen LogP contribution is -2.03. The molecule has 0 radical (unpaired) electrons. The molecule has 110 valence electrons. The van der Waals surface area contributed by atoms with Gasteiger partial charge in [-0.05, 0) is 37.6 Å². The lowest BCUT2D eigenvalue weighted by atomic mass is 10.2. The fourth-order valence-electron chi connectivity index (χ4n) is 2.80. The van der Waals surface area contributed by atoms with E-state index in [9.17, 15) is 0 Å². The van der Waals surface area contributed by atoms with Crippen LogP contribution in [0.25, 0.3) is 22.4 Å². The standard InChI is InChI=1S/C17H21N3O/c1-4-16-13(7-8-21-16)17-19-14-9-12(10-18)5-6-15(14)20(17)11(2)3/h5-9,11H,4,10,18H2,1-3H3. The first-order valence-corrected chi connectivity index (χ1v) is 7.43. The van der Waals surface area contributed by atoms with Gasteiger partial charge in [-0.2, -0.15) is 0 Å². The first-order chi connectivity index (χ1) is 10.2. The first-order valence-electron chi connectivity index (χ1n) is 7.43. The molecule has 0 saturated carbocycles. The molecule has 0 fully saturated rings. The van der Waals surface area contributed by atoms with Gasteiger partial charge >= 0.3 is 0 Å². The number of fused-ring (bicyclic) bond motifs is 1. The first kappa shape index (κ1) is 13.9. The number of imidazole rings is 1. The number of aryl methyl sites for hydroxylation is 1. The van der Waals surface area contributed by atoms with Crippen LogP contribution in [0.4, 0.5) is 0 Å². The van der Waals surface area contributed by atoms with Crippen LogP contribution in [0.3, 0.4) is 0 Å². The van der Waals surface area contributed by atoms with Crippen molar-refractivity contribution in [3.8, 4) is 11.4 Å². The Morgan fingerprint density at radius 1 is 1.29 bits per heavy atom. The molecule has 2 aromatic heterocycles. The fourth-order valence-corrected chi connectivity index (χ4v) is 2.80. The highest BCUT2D eigenvalue weighted by Gasteiger charge is 2.18. The lowest BCUT2D eigenvalue weighted by molar-refractivity contribution is 0.516. The van der Waals surface area contributed by atoms with E-state index in [1.54, 1.807) is 6.26 Å². The van der Waals surface area contributed by atoms with Crippen LogP contribution < -0.4 is 5.73 Å². The predicted molar refractivity (Wildman–Crippen MR) is 85.1 cm³/mol. The smallest absolute Gasteiger partial charge is 0.144 e. The Morgan fingerprint density at radius 3 is 2.76 bits per heavy atom. The zero-order valence-electron chi connectivity index (χ0n) is 12.8. The van der Waals surface area contributed by atoms with E-state index in [2.05, 4.69) is 43.5 Å².